The lowest BCUT2D eigenvalue weighted by Gasteiger charge is -2.28. The average molecular weight is 279 g/mol. The molecule has 1 rings (SSSR count). The highest BCUT2D eigenvalue weighted by Gasteiger charge is 2.20. The number of nitrogens with zero attached hydrogens (tertiary/aromatic N) is 1. The molecule has 1 unspecified atom stereocenters. The quantitative estimate of drug-likeness (QED) is 0.769. The fourth-order valence-corrected chi connectivity index (χ4v) is 2.17. The van der Waals surface area contributed by atoms with Gasteiger partial charge in [0.05, 0.1) is 0 Å². The fraction of sp³-hybridized carbons (Fsp3) is 0.647. The zero-order valence-corrected chi connectivity index (χ0v) is 13.3. The lowest BCUT2D eigenvalue weighted by Crippen LogP contribution is -2.28. The summed E-state index contributed by atoms with van der Waals surface area (Å²) >= 11 is 0. The summed E-state index contributed by atoms with van der Waals surface area (Å²) in [7, 11) is 2.14. The first kappa shape index (κ1) is 17.0. The van der Waals surface area contributed by atoms with Gasteiger partial charge in [-0.15, -0.1) is 0 Å². The van der Waals surface area contributed by atoms with Crippen LogP contribution in [0.2, 0.25) is 0 Å². The third-order valence-electron chi connectivity index (χ3n) is 4.08. The minimum Gasteiger partial charge on any atom is -0.508 e. The first-order chi connectivity index (χ1) is 9.35. The van der Waals surface area contributed by atoms with Crippen LogP contribution >= 0.6 is 0 Å². The molecule has 0 saturated heterocycles. The molecule has 0 fully saturated rings. The fourth-order valence-electron chi connectivity index (χ4n) is 2.17. The molecule has 2 N–H and O–H groups in total. The van der Waals surface area contributed by atoms with Crippen molar-refractivity contribution in [2.45, 2.75) is 39.0 Å². The van der Waals surface area contributed by atoms with Crippen LogP contribution in [-0.2, 0) is 5.41 Å². The molecule has 0 aliphatic heterocycles. The number of benzene rings is 1. The van der Waals surface area contributed by atoms with Gasteiger partial charge in [-0.25, -0.2) is 0 Å². The number of aliphatic hydroxyl groups is 1. The highest BCUT2D eigenvalue weighted by molar-refractivity contribution is 5.30. The molecular weight excluding hydrogens is 250 g/mol. The first-order valence-corrected chi connectivity index (χ1v) is 7.44. The summed E-state index contributed by atoms with van der Waals surface area (Å²) in [6, 6.07) is 7.51. The molecule has 0 bridgehead atoms. The number of phenolic OH excluding ortho intramolecular Hbond substituents is 1. The van der Waals surface area contributed by atoms with Gasteiger partial charge in [-0.2, -0.15) is 0 Å². The lowest BCUT2D eigenvalue weighted by atomic mass is 9.81. The molecule has 0 heterocycles. The maximum Gasteiger partial charge on any atom is 0.115 e. The van der Waals surface area contributed by atoms with Gasteiger partial charge in [0.15, 0.2) is 0 Å². The van der Waals surface area contributed by atoms with Gasteiger partial charge in [-0.3, -0.25) is 0 Å². The predicted molar refractivity (Wildman–Crippen MR) is 84.1 cm³/mol. The van der Waals surface area contributed by atoms with Gasteiger partial charge in [0.2, 0.25) is 0 Å². The Morgan fingerprint density at radius 1 is 1.15 bits per heavy atom. The normalized spacial score (nSPS) is 13.7. The summed E-state index contributed by atoms with van der Waals surface area (Å²) < 4.78 is 0. The molecule has 1 aromatic carbocycles. The van der Waals surface area contributed by atoms with Crippen LogP contribution in [0.25, 0.3) is 0 Å². The van der Waals surface area contributed by atoms with Crippen molar-refractivity contribution in [2.24, 2.45) is 5.92 Å². The second-order valence-corrected chi connectivity index (χ2v) is 6.56. The lowest BCUT2D eigenvalue weighted by molar-refractivity contribution is 0.207. The maximum atomic E-state index is 9.36. The summed E-state index contributed by atoms with van der Waals surface area (Å²) in [4.78, 5) is 2.33. The zero-order chi connectivity index (χ0) is 15.2. The van der Waals surface area contributed by atoms with Crippen LogP contribution < -0.4 is 0 Å². The Bertz CT molecular complexity index is 386. The van der Waals surface area contributed by atoms with Crippen molar-refractivity contribution in [1.29, 1.82) is 0 Å². The standard InChI is InChI=1S/C17H29NO2/c1-14(13-19)9-11-18(4)12-10-17(2,3)15-5-7-16(20)8-6-15/h5-8,14,19-20H,9-13H2,1-4H3. The van der Waals surface area contributed by atoms with Crippen molar-refractivity contribution in [2.75, 3.05) is 26.7 Å². The van der Waals surface area contributed by atoms with Crippen molar-refractivity contribution >= 4 is 0 Å². The Balaban J connectivity index is 2.44. The van der Waals surface area contributed by atoms with E-state index in [1.54, 1.807) is 12.1 Å². The van der Waals surface area contributed by atoms with E-state index in [-0.39, 0.29) is 12.0 Å². The second-order valence-electron chi connectivity index (χ2n) is 6.56. The summed E-state index contributed by atoms with van der Waals surface area (Å²) in [6.45, 7) is 8.88. The number of rotatable bonds is 8. The van der Waals surface area contributed by atoms with E-state index in [4.69, 9.17) is 5.11 Å². The molecule has 0 spiro atoms. The molecule has 1 aromatic rings. The van der Waals surface area contributed by atoms with E-state index in [1.165, 1.54) is 5.56 Å². The number of phenols is 1. The Labute approximate surface area is 123 Å². The number of hydrogen-bond acceptors (Lipinski definition) is 3. The van der Waals surface area contributed by atoms with Crippen molar-refractivity contribution in [1.82, 2.24) is 4.90 Å². The molecule has 20 heavy (non-hydrogen) atoms. The third kappa shape index (κ3) is 5.51. The summed E-state index contributed by atoms with van der Waals surface area (Å²) in [5, 5.41) is 18.4. The molecule has 0 aliphatic rings. The van der Waals surface area contributed by atoms with Crippen LogP contribution in [0.15, 0.2) is 24.3 Å². The molecule has 0 aromatic heterocycles. The van der Waals surface area contributed by atoms with Crippen molar-refractivity contribution in [3.05, 3.63) is 29.8 Å². The molecule has 114 valence electrons. The number of aliphatic hydroxyl groups excluding tert-OH is 1. The minimum absolute atomic E-state index is 0.102. The molecule has 0 aliphatic carbocycles. The SMILES string of the molecule is CC(CO)CCN(C)CCC(C)(C)c1ccc(O)cc1. The van der Waals surface area contributed by atoms with Crippen molar-refractivity contribution < 1.29 is 10.2 Å². The third-order valence-corrected chi connectivity index (χ3v) is 4.08. The van der Waals surface area contributed by atoms with E-state index in [0.717, 1.165) is 25.9 Å². The van der Waals surface area contributed by atoms with Gasteiger partial charge in [-0.1, -0.05) is 32.9 Å². The molecule has 0 radical (unpaired) electrons. The Kier molecular flexibility index (Phi) is 6.50. The number of hydrogen-bond donors (Lipinski definition) is 2. The van der Waals surface area contributed by atoms with Gasteiger partial charge in [0, 0.05) is 6.61 Å². The first-order valence-electron chi connectivity index (χ1n) is 7.44. The van der Waals surface area contributed by atoms with Crippen LogP contribution in [0, 0.1) is 5.92 Å². The molecule has 3 nitrogen and oxygen atoms in total. The number of aromatic hydroxyl groups is 1. The maximum absolute atomic E-state index is 9.36. The molecular formula is C17H29NO2. The summed E-state index contributed by atoms with van der Waals surface area (Å²) in [5.41, 5.74) is 1.36. The van der Waals surface area contributed by atoms with Crippen LogP contribution in [0.5, 0.6) is 5.75 Å². The Morgan fingerprint density at radius 2 is 1.75 bits per heavy atom. The molecule has 0 saturated carbocycles. The van der Waals surface area contributed by atoms with Crippen LogP contribution in [0.4, 0.5) is 0 Å². The van der Waals surface area contributed by atoms with Crippen LogP contribution in [0.1, 0.15) is 39.2 Å². The van der Waals surface area contributed by atoms with Gasteiger partial charge in [0.1, 0.15) is 5.75 Å². The van der Waals surface area contributed by atoms with Gasteiger partial charge in [-0.05, 0) is 62.0 Å². The van der Waals surface area contributed by atoms with Gasteiger partial charge >= 0.3 is 0 Å². The average Bonchev–Trinajstić information content (AvgIpc) is 2.43. The molecule has 0 amide bonds. The van der Waals surface area contributed by atoms with Gasteiger partial charge < -0.3 is 15.1 Å². The van der Waals surface area contributed by atoms with Crippen LogP contribution in [0.3, 0.4) is 0 Å². The Morgan fingerprint density at radius 3 is 2.30 bits per heavy atom. The van der Waals surface area contributed by atoms with E-state index >= 15 is 0 Å². The van der Waals surface area contributed by atoms with Gasteiger partial charge in [0.25, 0.3) is 0 Å². The van der Waals surface area contributed by atoms with E-state index in [1.807, 2.05) is 12.1 Å². The highest BCUT2D eigenvalue weighted by atomic mass is 16.3. The molecule has 3 heteroatoms. The van der Waals surface area contributed by atoms with Crippen molar-refractivity contribution in [3.63, 3.8) is 0 Å². The monoisotopic (exact) mass is 279 g/mol. The Hall–Kier alpha value is -1.06. The summed E-state index contributed by atoms with van der Waals surface area (Å²) in [6.07, 6.45) is 2.11. The molecule has 1 atom stereocenters. The topological polar surface area (TPSA) is 43.7 Å². The largest absolute Gasteiger partial charge is 0.508 e. The highest BCUT2D eigenvalue weighted by Crippen LogP contribution is 2.28. The second kappa shape index (κ2) is 7.65. The zero-order valence-electron chi connectivity index (χ0n) is 13.3. The van der Waals surface area contributed by atoms with E-state index in [2.05, 4.69) is 32.7 Å². The smallest absolute Gasteiger partial charge is 0.115 e. The predicted octanol–water partition coefficient (Wildman–Crippen LogP) is 3.01. The van der Waals surface area contributed by atoms with Crippen LogP contribution in [-0.4, -0.2) is 41.9 Å². The summed E-state index contributed by atoms with van der Waals surface area (Å²) in [5.74, 6) is 0.696. The van der Waals surface area contributed by atoms with E-state index in [9.17, 15) is 5.11 Å². The van der Waals surface area contributed by atoms with E-state index < -0.39 is 0 Å². The van der Waals surface area contributed by atoms with E-state index in [0.29, 0.717) is 11.7 Å². The van der Waals surface area contributed by atoms with Crippen molar-refractivity contribution in [3.8, 4) is 5.75 Å². The minimum atomic E-state index is 0.102.